The number of carbonyl (C=O) groups excluding carboxylic acids is 1. The van der Waals surface area contributed by atoms with Gasteiger partial charge in [-0.05, 0) is 31.9 Å². The smallest absolute Gasteiger partial charge is 0.241 e. The van der Waals surface area contributed by atoms with Crippen molar-refractivity contribution in [1.82, 2.24) is 9.88 Å². The molecule has 0 spiro atoms. The van der Waals surface area contributed by atoms with E-state index in [4.69, 9.17) is 0 Å². The zero-order valence-electron chi connectivity index (χ0n) is 10.1. The van der Waals surface area contributed by atoms with Crippen molar-refractivity contribution >= 4 is 11.6 Å². The summed E-state index contributed by atoms with van der Waals surface area (Å²) in [6, 6.07) is 4.35. The second-order valence-corrected chi connectivity index (χ2v) is 4.93. The Morgan fingerprint density at radius 3 is 2.71 bits per heavy atom. The molecule has 90 valence electrons. The highest BCUT2D eigenvalue weighted by Gasteiger charge is 2.34. The topological polar surface area (TPSA) is 36.4 Å². The van der Waals surface area contributed by atoms with Gasteiger partial charge in [-0.2, -0.15) is 0 Å². The van der Waals surface area contributed by atoms with E-state index in [-0.39, 0.29) is 5.91 Å². The summed E-state index contributed by atoms with van der Waals surface area (Å²) >= 11 is 0. The molecular formula is C13H17N3O. The number of hydrogen-bond acceptors (Lipinski definition) is 3. The highest BCUT2D eigenvalue weighted by atomic mass is 16.2. The lowest BCUT2D eigenvalue weighted by molar-refractivity contribution is -0.118. The quantitative estimate of drug-likeness (QED) is 0.728. The fourth-order valence-corrected chi connectivity index (χ4v) is 2.76. The predicted octanol–water partition coefficient (Wildman–Crippen LogP) is 1.20. The third kappa shape index (κ3) is 1.93. The number of piperidine rings is 1. The number of pyridine rings is 1. The van der Waals surface area contributed by atoms with Crippen molar-refractivity contribution in [3.63, 3.8) is 0 Å². The highest BCUT2D eigenvalue weighted by Crippen LogP contribution is 2.26. The first-order chi connectivity index (χ1) is 8.24. The van der Waals surface area contributed by atoms with Crippen LogP contribution in [0.15, 0.2) is 18.3 Å². The van der Waals surface area contributed by atoms with Crippen LogP contribution in [0.1, 0.15) is 18.5 Å². The number of fused-ring (bicyclic) bond motifs is 4. The van der Waals surface area contributed by atoms with E-state index in [1.54, 1.807) is 0 Å². The second-order valence-electron chi connectivity index (χ2n) is 4.93. The molecule has 4 heterocycles. The molecule has 3 aliphatic rings. The molecule has 0 aliphatic carbocycles. The van der Waals surface area contributed by atoms with Gasteiger partial charge in [0.1, 0.15) is 0 Å². The van der Waals surface area contributed by atoms with Crippen LogP contribution in [-0.4, -0.2) is 41.5 Å². The molecule has 0 N–H and O–H groups in total. The SMILES string of the molecule is Cc1ccc(N2C(=O)CN3CCC2CC3)cn1. The molecule has 1 aromatic rings. The summed E-state index contributed by atoms with van der Waals surface area (Å²) < 4.78 is 0. The van der Waals surface area contributed by atoms with E-state index in [1.807, 2.05) is 30.2 Å². The number of carbonyl (C=O) groups is 1. The largest absolute Gasteiger partial charge is 0.307 e. The first-order valence-electron chi connectivity index (χ1n) is 6.21. The fourth-order valence-electron chi connectivity index (χ4n) is 2.76. The van der Waals surface area contributed by atoms with Crippen LogP contribution in [0.4, 0.5) is 5.69 Å². The lowest BCUT2D eigenvalue weighted by Crippen LogP contribution is -2.40. The van der Waals surface area contributed by atoms with Crippen LogP contribution in [0.2, 0.25) is 0 Å². The average molecular weight is 231 g/mol. The Bertz CT molecular complexity index is 421. The van der Waals surface area contributed by atoms with Crippen LogP contribution in [0.25, 0.3) is 0 Å². The molecule has 3 saturated heterocycles. The summed E-state index contributed by atoms with van der Waals surface area (Å²) in [7, 11) is 0. The maximum absolute atomic E-state index is 12.2. The summed E-state index contributed by atoms with van der Waals surface area (Å²) in [4.78, 5) is 20.7. The zero-order valence-corrected chi connectivity index (χ0v) is 10.1. The summed E-state index contributed by atoms with van der Waals surface area (Å²) in [6.45, 7) is 4.62. The van der Waals surface area contributed by atoms with Gasteiger partial charge in [-0.15, -0.1) is 0 Å². The van der Waals surface area contributed by atoms with Gasteiger partial charge in [-0.3, -0.25) is 14.7 Å². The van der Waals surface area contributed by atoms with Crippen LogP contribution in [0.3, 0.4) is 0 Å². The molecule has 17 heavy (non-hydrogen) atoms. The number of hydrogen-bond donors (Lipinski definition) is 0. The standard InChI is InChI=1S/C13H17N3O/c1-10-2-3-12(8-14-10)16-11-4-6-15(7-5-11)9-13(16)17/h2-3,8,11H,4-7,9H2,1H3. The van der Waals surface area contributed by atoms with Gasteiger partial charge >= 0.3 is 0 Å². The molecule has 0 unspecified atom stereocenters. The first kappa shape index (κ1) is 10.7. The molecule has 4 rings (SSSR count). The molecule has 1 amide bonds. The molecule has 4 nitrogen and oxygen atoms in total. The molecule has 2 bridgehead atoms. The van der Waals surface area contributed by atoms with E-state index in [1.165, 1.54) is 0 Å². The summed E-state index contributed by atoms with van der Waals surface area (Å²) in [5, 5.41) is 0. The van der Waals surface area contributed by atoms with Crippen molar-refractivity contribution in [1.29, 1.82) is 0 Å². The Morgan fingerprint density at radius 1 is 1.29 bits per heavy atom. The Hall–Kier alpha value is -1.42. The fraction of sp³-hybridized carbons (Fsp3) is 0.538. The summed E-state index contributed by atoms with van der Waals surface area (Å²) in [6.07, 6.45) is 3.99. The van der Waals surface area contributed by atoms with Crippen molar-refractivity contribution in [2.75, 3.05) is 24.5 Å². The van der Waals surface area contributed by atoms with E-state index >= 15 is 0 Å². The van der Waals surface area contributed by atoms with Gasteiger partial charge in [-0.1, -0.05) is 0 Å². The first-order valence-corrected chi connectivity index (χ1v) is 6.21. The Labute approximate surface area is 101 Å². The van der Waals surface area contributed by atoms with Gasteiger partial charge in [0.05, 0.1) is 18.4 Å². The van der Waals surface area contributed by atoms with Crippen LogP contribution in [-0.2, 0) is 4.79 Å². The van der Waals surface area contributed by atoms with Crippen molar-refractivity contribution in [3.8, 4) is 0 Å². The van der Waals surface area contributed by atoms with Crippen LogP contribution in [0.5, 0.6) is 0 Å². The lowest BCUT2D eigenvalue weighted by Gasteiger charge is -2.31. The number of aromatic nitrogens is 1. The molecule has 0 atom stereocenters. The molecule has 3 fully saturated rings. The van der Waals surface area contributed by atoms with Crippen molar-refractivity contribution in [2.24, 2.45) is 0 Å². The highest BCUT2D eigenvalue weighted by molar-refractivity contribution is 5.95. The van der Waals surface area contributed by atoms with Gasteiger partial charge in [-0.25, -0.2) is 0 Å². The van der Waals surface area contributed by atoms with Crippen molar-refractivity contribution < 1.29 is 4.79 Å². The number of rotatable bonds is 1. The minimum atomic E-state index is 0.218. The van der Waals surface area contributed by atoms with Gasteiger partial charge in [0, 0.05) is 24.8 Å². The maximum atomic E-state index is 12.2. The normalized spacial score (nSPS) is 28.3. The van der Waals surface area contributed by atoms with Gasteiger partial charge < -0.3 is 4.90 Å². The van der Waals surface area contributed by atoms with Crippen LogP contribution >= 0.6 is 0 Å². The Kier molecular flexibility index (Phi) is 2.59. The Morgan fingerprint density at radius 2 is 2.06 bits per heavy atom. The molecule has 0 aromatic carbocycles. The summed E-state index contributed by atoms with van der Waals surface area (Å²) in [5.41, 5.74) is 1.94. The summed E-state index contributed by atoms with van der Waals surface area (Å²) in [5.74, 6) is 0.218. The monoisotopic (exact) mass is 231 g/mol. The van der Waals surface area contributed by atoms with Crippen molar-refractivity contribution in [3.05, 3.63) is 24.0 Å². The van der Waals surface area contributed by atoms with E-state index in [0.29, 0.717) is 12.6 Å². The van der Waals surface area contributed by atoms with Gasteiger partial charge in [0.25, 0.3) is 0 Å². The number of aryl methyl sites for hydroxylation is 1. The third-order valence-corrected chi connectivity index (χ3v) is 3.72. The predicted molar refractivity (Wildman–Crippen MR) is 65.9 cm³/mol. The molecule has 0 saturated carbocycles. The molecule has 0 radical (unpaired) electrons. The second kappa shape index (κ2) is 4.11. The maximum Gasteiger partial charge on any atom is 0.241 e. The minimum absolute atomic E-state index is 0.218. The van der Waals surface area contributed by atoms with E-state index in [0.717, 1.165) is 37.3 Å². The molecule has 3 aliphatic heterocycles. The number of nitrogens with zero attached hydrogens (tertiary/aromatic N) is 3. The number of anilines is 1. The number of amides is 1. The third-order valence-electron chi connectivity index (χ3n) is 3.72. The molecular weight excluding hydrogens is 214 g/mol. The van der Waals surface area contributed by atoms with Gasteiger partial charge in [0.15, 0.2) is 0 Å². The van der Waals surface area contributed by atoms with E-state index in [2.05, 4.69) is 9.88 Å². The van der Waals surface area contributed by atoms with Crippen molar-refractivity contribution in [2.45, 2.75) is 25.8 Å². The van der Waals surface area contributed by atoms with Crippen LogP contribution < -0.4 is 4.90 Å². The zero-order chi connectivity index (χ0) is 11.8. The minimum Gasteiger partial charge on any atom is -0.307 e. The molecule has 4 heteroatoms. The Balaban J connectivity index is 1.94. The van der Waals surface area contributed by atoms with E-state index < -0.39 is 0 Å². The average Bonchev–Trinajstić information content (AvgIpc) is 2.58. The van der Waals surface area contributed by atoms with Crippen LogP contribution in [0, 0.1) is 6.92 Å². The van der Waals surface area contributed by atoms with Gasteiger partial charge in [0.2, 0.25) is 5.91 Å². The van der Waals surface area contributed by atoms with E-state index in [9.17, 15) is 4.79 Å². The lowest BCUT2D eigenvalue weighted by atomic mass is 10.0. The molecule has 1 aromatic heterocycles.